The van der Waals surface area contributed by atoms with Gasteiger partial charge >= 0.3 is 0 Å². The van der Waals surface area contributed by atoms with Crippen LogP contribution in [0.1, 0.15) is 11.1 Å². The summed E-state index contributed by atoms with van der Waals surface area (Å²) in [6.07, 6.45) is 0. The van der Waals surface area contributed by atoms with Gasteiger partial charge in [0.1, 0.15) is 13.2 Å². The molecule has 0 fully saturated rings. The molecule has 0 aliphatic rings. The van der Waals surface area contributed by atoms with Crippen LogP contribution < -0.4 is 9.47 Å². The van der Waals surface area contributed by atoms with Crippen molar-refractivity contribution in [3.63, 3.8) is 0 Å². The van der Waals surface area contributed by atoms with Crippen molar-refractivity contribution < 1.29 is 28.4 Å². The Kier molecular flexibility index (Phi) is 11.6. The lowest BCUT2D eigenvalue weighted by Crippen LogP contribution is -2.13. The highest BCUT2D eigenvalue weighted by Crippen LogP contribution is 2.26. The number of rotatable bonds is 18. The molecule has 6 heteroatoms. The number of benzene rings is 5. The third kappa shape index (κ3) is 9.29. The largest absolute Gasteiger partial charge is 0.487 e. The molecule has 5 aromatic carbocycles. The Morgan fingerprint density at radius 1 is 0.333 bits per heavy atom. The molecular formula is C36H38O6. The normalized spacial score (nSPS) is 11.2. The summed E-state index contributed by atoms with van der Waals surface area (Å²) in [5.74, 6) is 1.37. The highest BCUT2D eigenvalue weighted by molar-refractivity contribution is 5.83. The van der Waals surface area contributed by atoms with Crippen molar-refractivity contribution in [1.82, 2.24) is 0 Å². The van der Waals surface area contributed by atoms with Gasteiger partial charge in [-0.05, 0) is 56.9 Å². The number of para-hydroxylation sites is 2. The second-order valence-electron chi connectivity index (χ2n) is 9.84. The summed E-state index contributed by atoms with van der Waals surface area (Å²) in [5.41, 5.74) is 2.31. The monoisotopic (exact) mass is 566 g/mol. The predicted molar refractivity (Wildman–Crippen MR) is 166 cm³/mol. The van der Waals surface area contributed by atoms with Gasteiger partial charge < -0.3 is 28.4 Å². The van der Waals surface area contributed by atoms with Crippen LogP contribution in [0.2, 0.25) is 0 Å². The molecule has 0 saturated heterocycles. The molecule has 0 amide bonds. The average Bonchev–Trinajstić information content (AvgIpc) is 3.04. The number of ether oxygens (including phenoxy) is 6. The lowest BCUT2D eigenvalue weighted by molar-refractivity contribution is 0.0275. The van der Waals surface area contributed by atoms with Crippen LogP contribution in [-0.4, -0.2) is 52.9 Å². The Morgan fingerprint density at radius 3 is 1.19 bits per heavy atom. The number of hydrogen-bond donors (Lipinski definition) is 0. The van der Waals surface area contributed by atoms with Gasteiger partial charge in [-0.15, -0.1) is 0 Å². The Hall–Kier alpha value is -3.94. The second-order valence-corrected chi connectivity index (χ2v) is 9.84. The van der Waals surface area contributed by atoms with Gasteiger partial charge in [-0.2, -0.15) is 0 Å². The van der Waals surface area contributed by atoms with Gasteiger partial charge in [0.05, 0.1) is 52.9 Å². The summed E-state index contributed by atoms with van der Waals surface area (Å²) in [6.45, 7) is 5.01. The Labute approximate surface area is 247 Å². The molecule has 0 aliphatic heterocycles. The summed E-state index contributed by atoms with van der Waals surface area (Å²) >= 11 is 0. The minimum absolute atomic E-state index is 0.427. The first-order valence-electron chi connectivity index (χ1n) is 14.5. The topological polar surface area (TPSA) is 55.4 Å². The average molecular weight is 567 g/mol. The minimum Gasteiger partial charge on any atom is -0.487 e. The molecule has 0 saturated carbocycles. The van der Waals surface area contributed by atoms with Crippen molar-refractivity contribution in [2.75, 3.05) is 52.9 Å². The Morgan fingerprint density at radius 2 is 0.714 bits per heavy atom. The van der Waals surface area contributed by atoms with E-state index >= 15 is 0 Å². The van der Waals surface area contributed by atoms with E-state index in [4.69, 9.17) is 28.4 Å². The highest BCUT2D eigenvalue weighted by atomic mass is 16.6. The maximum absolute atomic E-state index is 5.88. The molecule has 42 heavy (non-hydrogen) atoms. The van der Waals surface area contributed by atoms with E-state index in [1.165, 1.54) is 21.5 Å². The van der Waals surface area contributed by atoms with Gasteiger partial charge in [-0.1, -0.05) is 84.9 Å². The second kappa shape index (κ2) is 16.5. The van der Waals surface area contributed by atoms with E-state index in [9.17, 15) is 0 Å². The van der Waals surface area contributed by atoms with E-state index in [0.717, 1.165) is 11.1 Å². The fourth-order valence-corrected chi connectivity index (χ4v) is 4.59. The molecule has 5 aromatic rings. The Bertz CT molecular complexity index is 1400. The molecule has 0 N–H and O–H groups in total. The van der Waals surface area contributed by atoms with Crippen molar-refractivity contribution >= 4 is 21.5 Å². The van der Waals surface area contributed by atoms with Crippen molar-refractivity contribution in [3.8, 4) is 11.5 Å². The van der Waals surface area contributed by atoms with E-state index in [2.05, 4.69) is 72.8 Å². The van der Waals surface area contributed by atoms with Crippen LogP contribution in [0, 0.1) is 0 Å². The van der Waals surface area contributed by atoms with E-state index in [-0.39, 0.29) is 0 Å². The third-order valence-corrected chi connectivity index (χ3v) is 6.73. The zero-order chi connectivity index (χ0) is 28.7. The standard InChI is InChI=1S/C36H38O6/c1-3-9-33-25-29(13-15-31(33)7-1)27-39-19-17-37-21-23-41-35-11-5-6-12-36(35)42-24-22-38-18-20-40-28-30-14-16-32-8-2-4-10-34(32)26-30/h1-16,25-26H,17-24,27-28H2. The molecule has 0 unspecified atom stereocenters. The van der Waals surface area contributed by atoms with Crippen molar-refractivity contribution in [2.24, 2.45) is 0 Å². The summed E-state index contributed by atoms with van der Waals surface area (Å²) < 4.78 is 34.6. The molecule has 6 nitrogen and oxygen atoms in total. The number of fused-ring (bicyclic) bond motifs is 2. The Balaban J connectivity index is 0.889. The summed E-state index contributed by atoms with van der Waals surface area (Å²) in [7, 11) is 0. The van der Waals surface area contributed by atoms with Gasteiger partial charge in [-0.3, -0.25) is 0 Å². The smallest absolute Gasteiger partial charge is 0.161 e. The first kappa shape index (κ1) is 29.5. The lowest BCUT2D eigenvalue weighted by atomic mass is 10.1. The van der Waals surface area contributed by atoms with Gasteiger partial charge in [0.15, 0.2) is 11.5 Å². The van der Waals surface area contributed by atoms with Crippen molar-refractivity contribution in [3.05, 3.63) is 120 Å². The lowest BCUT2D eigenvalue weighted by Gasteiger charge is -2.13. The minimum atomic E-state index is 0.427. The quantitative estimate of drug-likeness (QED) is 0.104. The third-order valence-electron chi connectivity index (χ3n) is 6.73. The molecule has 0 radical (unpaired) electrons. The molecular weight excluding hydrogens is 528 g/mol. The van der Waals surface area contributed by atoms with Crippen LogP contribution in [0.25, 0.3) is 21.5 Å². The molecule has 0 spiro atoms. The van der Waals surface area contributed by atoms with E-state index < -0.39 is 0 Å². The zero-order valence-electron chi connectivity index (χ0n) is 23.9. The fourth-order valence-electron chi connectivity index (χ4n) is 4.59. The molecule has 0 aliphatic carbocycles. The summed E-state index contributed by atoms with van der Waals surface area (Å²) in [4.78, 5) is 0. The van der Waals surface area contributed by atoms with Crippen LogP contribution in [-0.2, 0) is 32.2 Å². The molecule has 5 rings (SSSR count). The van der Waals surface area contributed by atoms with Crippen molar-refractivity contribution in [1.29, 1.82) is 0 Å². The van der Waals surface area contributed by atoms with Crippen molar-refractivity contribution in [2.45, 2.75) is 13.2 Å². The maximum Gasteiger partial charge on any atom is 0.161 e. The highest BCUT2D eigenvalue weighted by Gasteiger charge is 2.05. The first-order valence-corrected chi connectivity index (χ1v) is 14.5. The van der Waals surface area contributed by atoms with E-state index in [1.54, 1.807) is 0 Å². The van der Waals surface area contributed by atoms with Crippen LogP contribution in [0.3, 0.4) is 0 Å². The first-order chi connectivity index (χ1) is 20.8. The maximum atomic E-state index is 5.88. The van der Waals surface area contributed by atoms with E-state index in [0.29, 0.717) is 77.6 Å². The van der Waals surface area contributed by atoms with Crippen LogP contribution in [0.15, 0.2) is 109 Å². The SMILES string of the molecule is c1ccc(OCCOCCOCc2ccc3ccccc3c2)c(OCCOCCOCc2ccc3ccccc3c2)c1. The number of hydrogen-bond acceptors (Lipinski definition) is 6. The molecule has 0 aromatic heterocycles. The summed E-state index contributed by atoms with van der Waals surface area (Å²) in [6, 6.07) is 37.1. The van der Waals surface area contributed by atoms with Crippen LogP contribution >= 0.6 is 0 Å². The summed E-state index contributed by atoms with van der Waals surface area (Å²) in [5, 5.41) is 4.92. The predicted octanol–water partition coefficient (Wildman–Crippen LogP) is 7.22. The van der Waals surface area contributed by atoms with E-state index in [1.807, 2.05) is 36.4 Å². The molecule has 218 valence electrons. The van der Waals surface area contributed by atoms with Gasteiger partial charge in [0.25, 0.3) is 0 Å². The van der Waals surface area contributed by atoms with Crippen LogP contribution in [0.4, 0.5) is 0 Å². The van der Waals surface area contributed by atoms with Gasteiger partial charge in [-0.25, -0.2) is 0 Å². The van der Waals surface area contributed by atoms with Crippen LogP contribution in [0.5, 0.6) is 11.5 Å². The fraction of sp³-hybridized carbons (Fsp3) is 0.278. The zero-order valence-corrected chi connectivity index (χ0v) is 23.9. The molecule has 0 heterocycles. The van der Waals surface area contributed by atoms with Gasteiger partial charge in [0, 0.05) is 0 Å². The molecule has 0 bridgehead atoms. The molecule has 0 atom stereocenters. The van der Waals surface area contributed by atoms with Gasteiger partial charge in [0.2, 0.25) is 0 Å².